The van der Waals surface area contributed by atoms with E-state index in [0.717, 1.165) is 5.75 Å². The fourth-order valence-electron chi connectivity index (χ4n) is 2.04. The Hall–Kier alpha value is -2.35. The van der Waals surface area contributed by atoms with Crippen LogP contribution in [-0.2, 0) is 0 Å². The molecule has 1 atom stereocenters. The largest absolute Gasteiger partial charge is 0.483 e. The van der Waals surface area contributed by atoms with Crippen LogP contribution in [-0.4, -0.2) is 16.2 Å². The summed E-state index contributed by atoms with van der Waals surface area (Å²) in [7, 11) is 0. The number of benzene rings is 2. The molecule has 0 fully saturated rings. The highest BCUT2D eigenvalue weighted by Gasteiger charge is 2.15. The Labute approximate surface area is 164 Å². The van der Waals surface area contributed by atoms with Gasteiger partial charge < -0.3 is 10.1 Å². The predicted octanol–water partition coefficient (Wildman–Crippen LogP) is 5.63. The SMILES string of the molecule is C[C@H](Oc1ccccc1)c1nnc(NC(=O)Nc2ccc(Cl)c(Cl)c2)s1. The number of para-hydroxylation sites is 1. The van der Waals surface area contributed by atoms with Gasteiger partial charge in [-0.05, 0) is 37.3 Å². The fourth-order valence-corrected chi connectivity index (χ4v) is 3.05. The predicted molar refractivity (Wildman–Crippen MR) is 104 cm³/mol. The number of rotatable bonds is 5. The van der Waals surface area contributed by atoms with Crippen LogP contribution in [0.3, 0.4) is 0 Å². The van der Waals surface area contributed by atoms with Crippen molar-refractivity contribution in [1.82, 2.24) is 10.2 Å². The molecule has 0 unspecified atom stereocenters. The van der Waals surface area contributed by atoms with Gasteiger partial charge in [-0.25, -0.2) is 4.79 Å². The van der Waals surface area contributed by atoms with E-state index in [0.29, 0.717) is 25.9 Å². The van der Waals surface area contributed by atoms with Gasteiger partial charge in [0.2, 0.25) is 5.13 Å². The molecular weight excluding hydrogens is 395 g/mol. The van der Waals surface area contributed by atoms with Gasteiger partial charge in [0.1, 0.15) is 11.9 Å². The van der Waals surface area contributed by atoms with E-state index in [1.54, 1.807) is 18.2 Å². The first-order chi connectivity index (χ1) is 12.5. The highest BCUT2D eigenvalue weighted by Crippen LogP contribution is 2.27. The van der Waals surface area contributed by atoms with E-state index in [9.17, 15) is 4.79 Å². The van der Waals surface area contributed by atoms with Crippen LogP contribution in [0, 0.1) is 0 Å². The zero-order valence-electron chi connectivity index (χ0n) is 13.6. The third kappa shape index (κ3) is 4.85. The molecule has 0 bridgehead atoms. The van der Waals surface area contributed by atoms with E-state index in [1.807, 2.05) is 37.3 Å². The molecular formula is C17H14Cl2N4O2S. The van der Waals surface area contributed by atoms with E-state index >= 15 is 0 Å². The topological polar surface area (TPSA) is 76.1 Å². The number of halogens is 2. The Balaban J connectivity index is 1.58. The molecule has 0 aliphatic rings. The summed E-state index contributed by atoms with van der Waals surface area (Å²) in [6.45, 7) is 1.87. The summed E-state index contributed by atoms with van der Waals surface area (Å²) in [5.74, 6) is 0.738. The molecule has 3 rings (SSSR count). The standard InChI is InChI=1S/C17H14Cl2N4O2S/c1-10(25-12-5-3-2-4-6-12)15-22-23-17(26-15)21-16(24)20-11-7-8-13(18)14(19)9-11/h2-10H,1H3,(H2,20,21,23,24)/t10-/m0/s1. The molecule has 6 nitrogen and oxygen atoms in total. The van der Waals surface area contributed by atoms with Gasteiger partial charge in [-0.15, -0.1) is 10.2 Å². The van der Waals surface area contributed by atoms with E-state index in [2.05, 4.69) is 20.8 Å². The first-order valence-electron chi connectivity index (χ1n) is 7.59. The number of hydrogen-bond donors (Lipinski definition) is 2. The second-order valence-electron chi connectivity index (χ2n) is 5.23. The maximum atomic E-state index is 12.1. The number of anilines is 2. The minimum Gasteiger partial charge on any atom is -0.483 e. The normalized spacial score (nSPS) is 11.7. The maximum absolute atomic E-state index is 12.1. The Bertz CT molecular complexity index is 905. The third-order valence-electron chi connectivity index (χ3n) is 3.24. The van der Waals surface area contributed by atoms with Gasteiger partial charge in [-0.2, -0.15) is 0 Å². The Morgan fingerprint density at radius 1 is 1.08 bits per heavy atom. The molecule has 0 saturated heterocycles. The highest BCUT2D eigenvalue weighted by molar-refractivity contribution is 7.15. The summed E-state index contributed by atoms with van der Waals surface area (Å²) < 4.78 is 5.79. The lowest BCUT2D eigenvalue weighted by Gasteiger charge is -2.11. The minimum absolute atomic E-state index is 0.288. The smallest absolute Gasteiger partial charge is 0.325 e. The van der Waals surface area contributed by atoms with Crippen LogP contribution < -0.4 is 15.4 Å². The first-order valence-corrected chi connectivity index (χ1v) is 9.16. The number of nitrogens with zero attached hydrogens (tertiary/aromatic N) is 2. The lowest BCUT2D eigenvalue weighted by atomic mass is 10.3. The lowest BCUT2D eigenvalue weighted by Crippen LogP contribution is -2.19. The molecule has 0 saturated carbocycles. The van der Waals surface area contributed by atoms with Crippen molar-refractivity contribution in [3.8, 4) is 5.75 Å². The Morgan fingerprint density at radius 2 is 1.85 bits per heavy atom. The number of nitrogens with one attached hydrogen (secondary N) is 2. The zero-order valence-corrected chi connectivity index (χ0v) is 15.9. The summed E-state index contributed by atoms with van der Waals surface area (Å²) in [5.41, 5.74) is 0.516. The molecule has 0 radical (unpaired) electrons. The Kier molecular flexibility index (Phi) is 5.92. The van der Waals surface area contributed by atoms with E-state index < -0.39 is 6.03 Å². The van der Waals surface area contributed by atoms with Gasteiger partial charge in [0, 0.05) is 5.69 Å². The molecule has 1 heterocycles. The lowest BCUT2D eigenvalue weighted by molar-refractivity contribution is 0.225. The van der Waals surface area contributed by atoms with E-state index in [4.69, 9.17) is 27.9 Å². The molecule has 1 aromatic heterocycles. The van der Waals surface area contributed by atoms with Crippen LogP contribution in [0.25, 0.3) is 0 Å². The first kappa shape index (κ1) is 18.4. The second-order valence-corrected chi connectivity index (χ2v) is 7.05. The molecule has 134 valence electrons. The molecule has 9 heteroatoms. The van der Waals surface area contributed by atoms with Crippen LogP contribution in [0.15, 0.2) is 48.5 Å². The second kappa shape index (κ2) is 8.35. The van der Waals surface area contributed by atoms with Crippen LogP contribution in [0.1, 0.15) is 18.0 Å². The van der Waals surface area contributed by atoms with Crippen molar-refractivity contribution in [2.24, 2.45) is 0 Å². The number of amides is 2. The summed E-state index contributed by atoms with van der Waals surface area (Å²) in [4.78, 5) is 12.1. The number of hydrogen-bond acceptors (Lipinski definition) is 5. The minimum atomic E-state index is -0.456. The number of urea groups is 1. The summed E-state index contributed by atoms with van der Waals surface area (Å²) >= 11 is 13.0. The fraction of sp³-hybridized carbons (Fsp3) is 0.118. The zero-order chi connectivity index (χ0) is 18.5. The van der Waals surface area contributed by atoms with Crippen molar-refractivity contribution < 1.29 is 9.53 Å². The van der Waals surface area contributed by atoms with Gasteiger partial charge in [0.15, 0.2) is 5.01 Å². The number of carbonyl (C=O) groups is 1. The summed E-state index contributed by atoms with van der Waals surface area (Å²) in [5, 5.41) is 15.1. The van der Waals surface area contributed by atoms with Crippen LogP contribution in [0.2, 0.25) is 10.0 Å². The molecule has 2 amide bonds. The number of aromatic nitrogens is 2. The van der Waals surface area contributed by atoms with Crippen molar-refractivity contribution in [1.29, 1.82) is 0 Å². The molecule has 0 aliphatic heterocycles. The van der Waals surface area contributed by atoms with Crippen LogP contribution in [0.4, 0.5) is 15.6 Å². The van der Waals surface area contributed by atoms with Gasteiger partial charge in [-0.3, -0.25) is 5.32 Å². The Morgan fingerprint density at radius 3 is 2.58 bits per heavy atom. The van der Waals surface area contributed by atoms with Crippen molar-refractivity contribution in [3.05, 3.63) is 63.6 Å². The number of ether oxygens (including phenoxy) is 1. The monoisotopic (exact) mass is 408 g/mol. The van der Waals surface area contributed by atoms with Gasteiger partial charge in [0.05, 0.1) is 10.0 Å². The molecule has 2 aromatic carbocycles. The van der Waals surface area contributed by atoms with E-state index in [1.165, 1.54) is 11.3 Å². The molecule has 3 aromatic rings. The maximum Gasteiger partial charge on any atom is 0.325 e. The van der Waals surface area contributed by atoms with Crippen molar-refractivity contribution in [2.45, 2.75) is 13.0 Å². The average Bonchev–Trinajstić information content (AvgIpc) is 3.07. The van der Waals surface area contributed by atoms with Gasteiger partial charge >= 0.3 is 6.03 Å². The van der Waals surface area contributed by atoms with Crippen molar-refractivity contribution in [3.63, 3.8) is 0 Å². The van der Waals surface area contributed by atoms with Crippen molar-refractivity contribution in [2.75, 3.05) is 10.6 Å². The average molecular weight is 409 g/mol. The molecule has 0 aliphatic carbocycles. The quantitative estimate of drug-likeness (QED) is 0.573. The van der Waals surface area contributed by atoms with Gasteiger partial charge in [0.25, 0.3) is 0 Å². The summed E-state index contributed by atoms with van der Waals surface area (Å²) in [6.07, 6.45) is -0.288. The van der Waals surface area contributed by atoms with Gasteiger partial charge in [-0.1, -0.05) is 52.7 Å². The highest BCUT2D eigenvalue weighted by atomic mass is 35.5. The van der Waals surface area contributed by atoms with Crippen LogP contribution in [0.5, 0.6) is 5.75 Å². The molecule has 2 N–H and O–H groups in total. The van der Waals surface area contributed by atoms with Crippen LogP contribution >= 0.6 is 34.5 Å². The molecule has 0 spiro atoms. The third-order valence-corrected chi connectivity index (χ3v) is 4.98. The molecule has 26 heavy (non-hydrogen) atoms. The summed E-state index contributed by atoms with van der Waals surface area (Å²) in [6, 6.07) is 13.8. The number of carbonyl (C=O) groups excluding carboxylic acids is 1. The van der Waals surface area contributed by atoms with E-state index in [-0.39, 0.29) is 6.10 Å². The van der Waals surface area contributed by atoms with Crippen molar-refractivity contribution >= 4 is 51.4 Å².